The molecular weight excluding hydrogens is 352 g/mol. The number of ether oxygens (including phenoxy) is 3. The quantitative estimate of drug-likeness (QED) is 0.719. The highest BCUT2D eigenvalue weighted by Gasteiger charge is 2.51. The number of carbonyl (C=O) groups excluding carboxylic acids is 2. The maximum atomic E-state index is 12.4. The van der Waals surface area contributed by atoms with Crippen LogP contribution in [0.5, 0.6) is 0 Å². The number of fused-ring (bicyclic) bond motifs is 3. The average Bonchev–Trinajstić information content (AvgIpc) is 3.08. The number of rotatable bonds is 4. The van der Waals surface area contributed by atoms with Crippen LogP contribution >= 0.6 is 0 Å². The fourth-order valence-electron chi connectivity index (χ4n) is 3.83. The molecular formula is C20H28O7. The van der Waals surface area contributed by atoms with Gasteiger partial charge < -0.3 is 24.4 Å². The molecule has 0 aliphatic carbocycles. The molecule has 2 N–H and O–H groups in total. The van der Waals surface area contributed by atoms with E-state index in [-0.39, 0.29) is 36.2 Å². The van der Waals surface area contributed by atoms with Crippen LogP contribution in [0.1, 0.15) is 53.4 Å². The molecule has 7 nitrogen and oxygen atoms in total. The standard InChI is InChI=1S/C20H28O7/c1-5-11(2)17(22)25-10-13-16-14(21)8-12(3)20(24)7-6-19(4,27-20)9-15(16)26-18(13)23/h9,11-12,14,21,24H,5-8,10H2,1-4H3/b15-9+/t11?,12-,14+,19?,20?/m1/s1. The minimum absolute atomic E-state index is 0.144. The largest absolute Gasteiger partial charge is 0.460 e. The van der Waals surface area contributed by atoms with Gasteiger partial charge in [-0.05, 0) is 32.3 Å². The van der Waals surface area contributed by atoms with E-state index in [0.29, 0.717) is 24.8 Å². The van der Waals surface area contributed by atoms with E-state index in [1.54, 1.807) is 19.9 Å². The molecule has 3 heterocycles. The fourth-order valence-corrected chi connectivity index (χ4v) is 3.83. The Morgan fingerprint density at radius 1 is 1.44 bits per heavy atom. The Hall–Kier alpha value is -1.70. The van der Waals surface area contributed by atoms with Crippen LogP contribution in [0.3, 0.4) is 0 Å². The zero-order chi connectivity index (χ0) is 20.0. The lowest BCUT2D eigenvalue weighted by molar-refractivity contribution is -0.238. The molecule has 0 saturated carbocycles. The number of hydrogen-bond acceptors (Lipinski definition) is 7. The van der Waals surface area contributed by atoms with Gasteiger partial charge in [0.2, 0.25) is 0 Å². The topological polar surface area (TPSA) is 102 Å². The third-order valence-corrected chi connectivity index (χ3v) is 5.92. The summed E-state index contributed by atoms with van der Waals surface area (Å²) in [6.07, 6.45) is 2.44. The molecule has 0 aromatic rings. The second kappa shape index (κ2) is 7.04. The molecule has 0 aromatic carbocycles. The number of esters is 2. The van der Waals surface area contributed by atoms with Gasteiger partial charge in [0, 0.05) is 17.9 Å². The predicted molar refractivity (Wildman–Crippen MR) is 95.1 cm³/mol. The van der Waals surface area contributed by atoms with Crippen LogP contribution in [-0.4, -0.2) is 46.3 Å². The van der Waals surface area contributed by atoms with E-state index in [0.717, 1.165) is 0 Å². The molecule has 5 atom stereocenters. The summed E-state index contributed by atoms with van der Waals surface area (Å²) in [5, 5.41) is 21.6. The van der Waals surface area contributed by atoms with Crippen molar-refractivity contribution in [3.8, 4) is 0 Å². The Balaban J connectivity index is 1.95. The minimum Gasteiger partial charge on any atom is -0.460 e. The Morgan fingerprint density at radius 2 is 2.15 bits per heavy atom. The maximum Gasteiger partial charge on any atom is 0.343 e. The van der Waals surface area contributed by atoms with Gasteiger partial charge in [0.1, 0.15) is 12.4 Å². The lowest BCUT2D eigenvalue weighted by Gasteiger charge is -2.32. The number of hydrogen-bond donors (Lipinski definition) is 2. The summed E-state index contributed by atoms with van der Waals surface area (Å²) in [6, 6.07) is 0. The van der Waals surface area contributed by atoms with Gasteiger partial charge in [-0.2, -0.15) is 0 Å². The van der Waals surface area contributed by atoms with Crippen molar-refractivity contribution in [1.29, 1.82) is 0 Å². The molecule has 0 amide bonds. The average molecular weight is 380 g/mol. The fraction of sp³-hybridized carbons (Fsp3) is 0.700. The molecule has 3 unspecified atom stereocenters. The summed E-state index contributed by atoms with van der Waals surface area (Å²) in [6.45, 7) is 7.00. The first-order chi connectivity index (χ1) is 12.6. The van der Waals surface area contributed by atoms with Crippen molar-refractivity contribution in [1.82, 2.24) is 0 Å². The minimum atomic E-state index is -1.33. The highest BCUT2D eigenvalue weighted by molar-refractivity contribution is 5.95. The van der Waals surface area contributed by atoms with Gasteiger partial charge in [-0.3, -0.25) is 4.79 Å². The SMILES string of the molecule is CCC(C)C(=O)OCC1=C2/C(=C\C3(C)CCC(O)(O3)[C@H](C)C[C@@H]2O)OC1=O. The molecule has 3 rings (SSSR count). The van der Waals surface area contributed by atoms with Crippen molar-refractivity contribution < 1.29 is 34.0 Å². The van der Waals surface area contributed by atoms with E-state index in [1.807, 2.05) is 13.8 Å². The molecule has 0 radical (unpaired) electrons. The zero-order valence-electron chi connectivity index (χ0n) is 16.3. The summed E-state index contributed by atoms with van der Waals surface area (Å²) in [5.74, 6) is -2.76. The highest BCUT2D eigenvalue weighted by Crippen LogP contribution is 2.47. The Labute approximate surface area is 159 Å². The van der Waals surface area contributed by atoms with Crippen LogP contribution in [-0.2, 0) is 23.8 Å². The maximum absolute atomic E-state index is 12.4. The lowest BCUT2D eigenvalue weighted by atomic mass is 9.86. The third kappa shape index (κ3) is 3.68. The lowest BCUT2D eigenvalue weighted by Crippen LogP contribution is -2.39. The molecule has 1 saturated heterocycles. The Kier molecular flexibility index (Phi) is 5.22. The van der Waals surface area contributed by atoms with Gasteiger partial charge in [0.05, 0.1) is 23.2 Å². The molecule has 2 bridgehead atoms. The van der Waals surface area contributed by atoms with Gasteiger partial charge in [-0.25, -0.2) is 4.79 Å². The number of aliphatic hydroxyl groups excluding tert-OH is 1. The summed E-state index contributed by atoms with van der Waals surface area (Å²) in [5.41, 5.74) is -0.340. The van der Waals surface area contributed by atoms with Crippen LogP contribution in [0.25, 0.3) is 0 Å². The molecule has 0 aromatic heterocycles. The molecule has 3 aliphatic rings. The summed E-state index contributed by atoms with van der Waals surface area (Å²) in [7, 11) is 0. The smallest absolute Gasteiger partial charge is 0.343 e. The van der Waals surface area contributed by atoms with E-state index >= 15 is 0 Å². The normalized spacial score (nSPS) is 38.9. The summed E-state index contributed by atoms with van der Waals surface area (Å²) in [4.78, 5) is 24.4. The van der Waals surface area contributed by atoms with Crippen LogP contribution in [0.2, 0.25) is 0 Å². The summed E-state index contributed by atoms with van der Waals surface area (Å²) < 4.78 is 16.6. The van der Waals surface area contributed by atoms with Crippen molar-refractivity contribution in [3.05, 3.63) is 23.0 Å². The van der Waals surface area contributed by atoms with Crippen LogP contribution in [0, 0.1) is 11.8 Å². The van der Waals surface area contributed by atoms with Crippen molar-refractivity contribution in [2.75, 3.05) is 6.61 Å². The van der Waals surface area contributed by atoms with Crippen LogP contribution in [0.15, 0.2) is 23.0 Å². The van der Waals surface area contributed by atoms with E-state index < -0.39 is 29.4 Å². The first kappa shape index (κ1) is 20.0. The second-order valence-electron chi connectivity index (χ2n) is 8.12. The molecule has 27 heavy (non-hydrogen) atoms. The van der Waals surface area contributed by atoms with Crippen molar-refractivity contribution in [3.63, 3.8) is 0 Å². The monoisotopic (exact) mass is 380 g/mol. The molecule has 1 fully saturated rings. The van der Waals surface area contributed by atoms with Crippen LogP contribution in [0.4, 0.5) is 0 Å². The highest BCUT2D eigenvalue weighted by atomic mass is 16.6. The van der Waals surface area contributed by atoms with E-state index in [1.165, 1.54) is 0 Å². The molecule has 150 valence electrons. The first-order valence-corrected chi connectivity index (χ1v) is 9.54. The van der Waals surface area contributed by atoms with E-state index in [2.05, 4.69) is 0 Å². The molecule has 0 spiro atoms. The van der Waals surface area contributed by atoms with Crippen LogP contribution < -0.4 is 0 Å². The van der Waals surface area contributed by atoms with Gasteiger partial charge in [-0.1, -0.05) is 20.8 Å². The van der Waals surface area contributed by atoms with Crippen molar-refractivity contribution in [2.45, 2.75) is 70.9 Å². The van der Waals surface area contributed by atoms with Crippen molar-refractivity contribution >= 4 is 11.9 Å². The third-order valence-electron chi connectivity index (χ3n) is 5.92. The van der Waals surface area contributed by atoms with E-state index in [9.17, 15) is 19.8 Å². The number of aliphatic hydroxyl groups is 2. The van der Waals surface area contributed by atoms with Gasteiger partial charge in [-0.15, -0.1) is 0 Å². The molecule has 7 heteroatoms. The zero-order valence-corrected chi connectivity index (χ0v) is 16.3. The Bertz CT molecular complexity index is 709. The Morgan fingerprint density at radius 3 is 2.81 bits per heavy atom. The first-order valence-electron chi connectivity index (χ1n) is 9.54. The van der Waals surface area contributed by atoms with Gasteiger partial charge >= 0.3 is 11.9 Å². The van der Waals surface area contributed by atoms with Gasteiger partial charge in [0.15, 0.2) is 5.79 Å². The number of carbonyl (C=O) groups is 2. The van der Waals surface area contributed by atoms with Gasteiger partial charge in [0.25, 0.3) is 0 Å². The van der Waals surface area contributed by atoms with Crippen molar-refractivity contribution in [2.24, 2.45) is 11.8 Å². The molecule has 3 aliphatic heterocycles. The second-order valence-corrected chi connectivity index (χ2v) is 8.12. The predicted octanol–water partition coefficient (Wildman–Crippen LogP) is 1.97. The van der Waals surface area contributed by atoms with E-state index in [4.69, 9.17) is 14.2 Å². The summed E-state index contributed by atoms with van der Waals surface area (Å²) >= 11 is 0.